The lowest BCUT2D eigenvalue weighted by Crippen LogP contribution is -2.07. The maximum Gasteiger partial charge on any atom is 0.346 e. The number of carbonyl (C=O) groups is 1. The lowest BCUT2D eigenvalue weighted by atomic mass is 10.1. The van der Waals surface area contributed by atoms with Gasteiger partial charge in [0.05, 0.1) is 26.7 Å². The molecule has 1 aromatic carbocycles. The van der Waals surface area contributed by atoms with Gasteiger partial charge in [0.2, 0.25) is 5.75 Å². The fourth-order valence-corrected chi connectivity index (χ4v) is 2.54. The highest BCUT2D eigenvalue weighted by Crippen LogP contribution is 2.48. The molecule has 0 radical (unpaired) electrons. The van der Waals surface area contributed by atoms with Crippen molar-refractivity contribution in [3.63, 3.8) is 0 Å². The molecule has 0 spiro atoms. The second kappa shape index (κ2) is 5.54. The van der Waals surface area contributed by atoms with Crippen LogP contribution in [-0.4, -0.2) is 27.6 Å². The summed E-state index contributed by atoms with van der Waals surface area (Å²) in [7, 11) is 4.35. The average Bonchev–Trinajstić information content (AvgIpc) is 2.46. The smallest absolute Gasteiger partial charge is 0.346 e. The third-order valence-corrected chi connectivity index (χ3v) is 3.49. The Morgan fingerprint density at radius 1 is 1.10 bits per heavy atom. The number of rotatable bonds is 4. The fourth-order valence-electron chi connectivity index (χ4n) is 1.90. The highest BCUT2D eigenvalue weighted by Gasteiger charge is 2.23. The molecule has 0 unspecified atom stereocenters. The van der Waals surface area contributed by atoms with Crippen LogP contribution in [0.1, 0.15) is 10.4 Å². The quantitative estimate of drug-likeness (QED) is 0.627. The molecule has 1 aromatic heterocycles. The molecule has 7 heteroatoms. The summed E-state index contributed by atoms with van der Waals surface area (Å²) in [6.07, 6.45) is 0.426. The number of ether oxygens (including phenoxy) is 3. The third-order valence-electron chi connectivity index (χ3n) is 2.77. The molecule has 0 saturated carbocycles. The first kappa shape index (κ1) is 14.4. The molecule has 0 atom stereocenters. The maximum atomic E-state index is 11.6. The standard InChI is InChI=1S/C13H11BrO6/c1-17-10-7-4-6(5-15)13(16)20-9(7)8(14)11(18-2)12(10)19-3/h4-5H,1-3H3. The Kier molecular flexibility index (Phi) is 3.99. The minimum atomic E-state index is -0.734. The predicted molar refractivity (Wildman–Crippen MR) is 75.2 cm³/mol. The SMILES string of the molecule is COc1c(OC)c(Br)c2oc(=O)c(C=O)cc2c1OC. The van der Waals surface area contributed by atoms with E-state index in [0.717, 1.165) is 0 Å². The van der Waals surface area contributed by atoms with Gasteiger partial charge in [-0.2, -0.15) is 0 Å². The van der Waals surface area contributed by atoms with Gasteiger partial charge in [0.1, 0.15) is 10.0 Å². The minimum Gasteiger partial charge on any atom is -0.492 e. The Balaban J connectivity index is 3.04. The lowest BCUT2D eigenvalue weighted by molar-refractivity contribution is 0.112. The molecule has 0 bridgehead atoms. The van der Waals surface area contributed by atoms with Crippen LogP contribution in [0.25, 0.3) is 11.0 Å². The molecule has 0 amide bonds. The van der Waals surface area contributed by atoms with E-state index in [0.29, 0.717) is 33.4 Å². The van der Waals surface area contributed by atoms with Crippen LogP contribution in [0.4, 0.5) is 0 Å². The zero-order chi connectivity index (χ0) is 14.9. The van der Waals surface area contributed by atoms with Gasteiger partial charge in [0, 0.05) is 0 Å². The van der Waals surface area contributed by atoms with Crippen LogP contribution in [0, 0.1) is 0 Å². The van der Waals surface area contributed by atoms with E-state index in [1.165, 1.54) is 27.4 Å². The van der Waals surface area contributed by atoms with Crippen LogP contribution >= 0.6 is 15.9 Å². The molecule has 106 valence electrons. The van der Waals surface area contributed by atoms with Crippen LogP contribution in [-0.2, 0) is 0 Å². The first-order chi connectivity index (χ1) is 9.58. The van der Waals surface area contributed by atoms with E-state index in [1.54, 1.807) is 0 Å². The summed E-state index contributed by atoms with van der Waals surface area (Å²) in [6, 6.07) is 1.39. The zero-order valence-electron chi connectivity index (χ0n) is 11.0. The molecule has 0 N–H and O–H groups in total. The molecule has 2 rings (SSSR count). The second-order valence-corrected chi connectivity index (χ2v) is 4.56. The topological polar surface area (TPSA) is 75.0 Å². The van der Waals surface area contributed by atoms with Crippen molar-refractivity contribution in [2.75, 3.05) is 21.3 Å². The van der Waals surface area contributed by atoms with E-state index < -0.39 is 5.63 Å². The summed E-state index contributed by atoms with van der Waals surface area (Å²) in [4.78, 5) is 22.5. The van der Waals surface area contributed by atoms with E-state index in [4.69, 9.17) is 18.6 Å². The molecular weight excluding hydrogens is 332 g/mol. The molecular formula is C13H11BrO6. The van der Waals surface area contributed by atoms with E-state index in [9.17, 15) is 9.59 Å². The number of fused-ring (bicyclic) bond motifs is 1. The zero-order valence-corrected chi connectivity index (χ0v) is 12.6. The Morgan fingerprint density at radius 2 is 1.70 bits per heavy atom. The molecule has 0 fully saturated rings. The van der Waals surface area contributed by atoms with Gasteiger partial charge in [0.15, 0.2) is 23.4 Å². The number of hydrogen-bond acceptors (Lipinski definition) is 6. The summed E-state index contributed by atoms with van der Waals surface area (Å²) < 4.78 is 21.3. The van der Waals surface area contributed by atoms with Crippen molar-refractivity contribution in [1.82, 2.24) is 0 Å². The van der Waals surface area contributed by atoms with Crippen molar-refractivity contribution in [1.29, 1.82) is 0 Å². The molecule has 20 heavy (non-hydrogen) atoms. The van der Waals surface area contributed by atoms with Gasteiger partial charge in [0.25, 0.3) is 0 Å². The van der Waals surface area contributed by atoms with Gasteiger partial charge < -0.3 is 18.6 Å². The molecule has 0 saturated heterocycles. The maximum absolute atomic E-state index is 11.6. The van der Waals surface area contributed by atoms with E-state index in [1.807, 2.05) is 0 Å². The van der Waals surface area contributed by atoms with Gasteiger partial charge in [-0.3, -0.25) is 4.79 Å². The van der Waals surface area contributed by atoms with Gasteiger partial charge in [-0.1, -0.05) is 0 Å². The molecule has 2 aromatic rings. The Bertz CT molecular complexity index is 734. The number of carbonyl (C=O) groups excluding carboxylic acids is 1. The first-order valence-corrected chi connectivity index (χ1v) is 6.28. The van der Waals surface area contributed by atoms with E-state index >= 15 is 0 Å². The lowest BCUT2D eigenvalue weighted by Gasteiger charge is -2.15. The highest BCUT2D eigenvalue weighted by molar-refractivity contribution is 9.10. The molecule has 1 heterocycles. The summed E-state index contributed by atoms with van der Waals surface area (Å²) in [6.45, 7) is 0. The Hall–Kier alpha value is -2.02. The van der Waals surface area contributed by atoms with Crippen molar-refractivity contribution in [3.05, 3.63) is 26.5 Å². The monoisotopic (exact) mass is 342 g/mol. The van der Waals surface area contributed by atoms with Gasteiger partial charge in [-0.25, -0.2) is 4.79 Å². The van der Waals surface area contributed by atoms with Crippen molar-refractivity contribution in [3.8, 4) is 17.2 Å². The van der Waals surface area contributed by atoms with Gasteiger partial charge >= 0.3 is 5.63 Å². The molecule has 0 aliphatic carbocycles. The summed E-state index contributed by atoms with van der Waals surface area (Å²) in [5.41, 5.74) is -0.618. The normalized spacial score (nSPS) is 10.4. The fraction of sp³-hybridized carbons (Fsp3) is 0.231. The van der Waals surface area contributed by atoms with Crippen LogP contribution in [0.15, 0.2) is 19.8 Å². The van der Waals surface area contributed by atoms with Crippen LogP contribution in [0.3, 0.4) is 0 Å². The predicted octanol–water partition coefficient (Wildman–Crippen LogP) is 2.39. The van der Waals surface area contributed by atoms with E-state index in [2.05, 4.69) is 15.9 Å². The van der Waals surface area contributed by atoms with Crippen LogP contribution in [0.5, 0.6) is 17.2 Å². The minimum absolute atomic E-state index is 0.102. The second-order valence-electron chi connectivity index (χ2n) is 3.76. The average molecular weight is 343 g/mol. The van der Waals surface area contributed by atoms with Crippen molar-refractivity contribution in [2.24, 2.45) is 0 Å². The molecule has 0 aliphatic rings. The van der Waals surface area contributed by atoms with Crippen LogP contribution in [0.2, 0.25) is 0 Å². The number of methoxy groups -OCH3 is 3. The molecule has 0 aliphatic heterocycles. The summed E-state index contributed by atoms with van der Waals surface area (Å²) >= 11 is 3.30. The largest absolute Gasteiger partial charge is 0.492 e. The van der Waals surface area contributed by atoms with Crippen molar-refractivity contribution < 1.29 is 23.4 Å². The number of benzene rings is 1. The third kappa shape index (κ3) is 2.03. The van der Waals surface area contributed by atoms with E-state index in [-0.39, 0.29) is 11.1 Å². The summed E-state index contributed by atoms with van der Waals surface area (Å²) in [5.74, 6) is 0.980. The highest BCUT2D eigenvalue weighted by atomic mass is 79.9. The molecule has 6 nitrogen and oxygen atoms in total. The van der Waals surface area contributed by atoms with Crippen LogP contribution < -0.4 is 19.8 Å². The van der Waals surface area contributed by atoms with Crippen molar-refractivity contribution in [2.45, 2.75) is 0 Å². The first-order valence-electron chi connectivity index (χ1n) is 5.49. The number of hydrogen-bond donors (Lipinski definition) is 0. The Morgan fingerprint density at radius 3 is 2.20 bits per heavy atom. The number of aldehydes is 1. The Labute approximate surface area is 122 Å². The van der Waals surface area contributed by atoms with Gasteiger partial charge in [-0.15, -0.1) is 0 Å². The number of halogens is 1. The summed E-state index contributed by atoms with van der Waals surface area (Å²) in [5, 5.41) is 0.429. The van der Waals surface area contributed by atoms with Crippen molar-refractivity contribution >= 4 is 33.2 Å². The van der Waals surface area contributed by atoms with Gasteiger partial charge in [-0.05, 0) is 22.0 Å².